The number of hydrogen-bond acceptors (Lipinski definition) is 4. The Morgan fingerprint density at radius 1 is 1.37 bits per heavy atom. The highest BCUT2D eigenvalue weighted by atomic mass is 79.9. The second-order valence-electron chi connectivity index (χ2n) is 5.06. The molecule has 0 spiro atoms. The van der Waals surface area contributed by atoms with Crippen molar-refractivity contribution in [1.82, 2.24) is 19.7 Å². The predicted molar refractivity (Wildman–Crippen MR) is 79.3 cm³/mol. The minimum absolute atomic E-state index is 0.582. The fraction of sp³-hybridized carbons (Fsp3) is 0.615. The van der Waals surface area contributed by atoms with Crippen LogP contribution < -0.4 is 4.90 Å². The topological polar surface area (TPSA) is 46.8 Å². The molecule has 0 aliphatic carbocycles. The Bertz CT molecular complexity index is 594. The van der Waals surface area contributed by atoms with Crippen molar-refractivity contribution in [3.05, 3.63) is 10.9 Å². The summed E-state index contributed by atoms with van der Waals surface area (Å²) in [5.74, 6) is 1.02. The summed E-state index contributed by atoms with van der Waals surface area (Å²) in [6.45, 7) is 3.33. The number of aromatic nitrogens is 4. The maximum absolute atomic E-state index is 4.53. The van der Waals surface area contributed by atoms with Gasteiger partial charge in [-0.3, -0.25) is 0 Å². The molecule has 1 aliphatic rings. The summed E-state index contributed by atoms with van der Waals surface area (Å²) in [4.78, 5) is 11.3. The molecule has 1 aliphatic heterocycles. The molecule has 2 aromatic heterocycles. The van der Waals surface area contributed by atoms with Crippen LogP contribution in [-0.4, -0.2) is 32.3 Å². The molecule has 5 nitrogen and oxygen atoms in total. The molecule has 0 bridgehead atoms. The molecule has 19 heavy (non-hydrogen) atoms. The summed E-state index contributed by atoms with van der Waals surface area (Å²) in [7, 11) is 1.91. The van der Waals surface area contributed by atoms with Crippen molar-refractivity contribution in [2.75, 3.05) is 11.4 Å². The minimum Gasteiger partial charge on any atom is -0.353 e. The van der Waals surface area contributed by atoms with E-state index in [0.717, 1.165) is 34.4 Å². The van der Waals surface area contributed by atoms with Gasteiger partial charge in [0.25, 0.3) is 0 Å². The number of piperidine rings is 1. The number of nitrogens with zero attached hydrogens (tertiary/aromatic N) is 5. The van der Waals surface area contributed by atoms with Gasteiger partial charge in [0, 0.05) is 19.6 Å². The van der Waals surface area contributed by atoms with Crippen molar-refractivity contribution in [2.24, 2.45) is 7.05 Å². The second-order valence-corrected chi connectivity index (χ2v) is 5.81. The maximum atomic E-state index is 4.53. The van der Waals surface area contributed by atoms with Crippen molar-refractivity contribution in [3.8, 4) is 0 Å². The zero-order chi connectivity index (χ0) is 13.4. The Kier molecular flexibility index (Phi) is 3.43. The van der Waals surface area contributed by atoms with Crippen molar-refractivity contribution in [2.45, 2.75) is 38.6 Å². The predicted octanol–water partition coefficient (Wildman–Crippen LogP) is 2.89. The lowest BCUT2D eigenvalue weighted by atomic mass is 10.00. The molecule has 3 heterocycles. The lowest BCUT2D eigenvalue weighted by molar-refractivity contribution is 0.447. The van der Waals surface area contributed by atoms with Crippen LogP contribution in [0.4, 0.5) is 5.82 Å². The third-order valence-corrected chi connectivity index (χ3v) is 4.48. The van der Waals surface area contributed by atoms with Gasteiger partial charge in [-0.2, -0.15) is 5.10 Å². The molecule has 6 heteroatoms. The van der Waals surface area contributed by atoms with Crippen molar-refractivity contribution in [1.29, 1.82) is 0 Å². The number of anilines is 1. The van der Waals surface area contributed by atoms with Crippen molar-refractivity contribution >= 4 is 32.8 Å². The highest BCUT2D eigenvalue weighted by Crippen LogP contribution is 2.33. The van der Waals surface area contributed by atoms with E-state index < -0.39 is 0 Å². The first kappa shape index (κ1) is 12.8. The number of halogens is 1. The van der Waals surface area contributed by atoms with Gasteiger partial charge in [0.1, 0.15) is 16.7 Å². The van der Waals surface area contributed by atoms with Crippen LogP contribution in [0.3, 0.4) is 0 Å². The van der Waals surface area contributed by atoms with Crippen LogP contribution in [0.25, 0.3) is 11.0 Å². The fourth-order valence-electron chi connectivity index (χ4n) is 2.95. The highest BCUT2D eigenvalue weighted by molar-refractivity contribution is 9.10. The summed E-state index contributed by atoms with van der Waals surface area (Å²) >= 11 is 3.54. The summed E-state index contributed by atoms with van der Waals surface area (Å²) in [6, 6.07) is 0.582. The molecule has 1 fully saturated rings. The van der Waals surface area contributed by atoms with E-state index >= 15 is 0 Å². The van der Waals surface area contributed by atoms with Gasteiger partial charge < -0.3 is 4.90 Å². The average Bonchev–Trinajstić information content (AvgIpc) is 2.74. The molecule has 0 saturated carbocycles. The van der Waals surface area contributed by atoms with Gasteiger partial charge in [0.05, 0.1) is 5.39 Å². The smallest absolute Gasteiger partial charge is 0.164 e. The molecule has 3 rings (SSSR count). The molecule has 0 N–H and O–H groups in total. The molecule has 102 valence electrons. The Hall–Kier alpha value is -1.17. The number of aryl methyl sites for hydroxylation is 1. The molecular weight excluding hydrogens is 306 g/mol. The number of hydrogen-bond donors (Lipinski definition) is 0. The van der Waals surface area contributed by atoms with Gasteiger partial charge in [-0.15, -0.1) is 0 Å². The lowest BCUT2D eigenvalue weighted by Crippen LogP contribution is -2.39. The third kappa shape index (κ3) is 2.12. The van der Waals surface area contributed by atoms with Gasteiger partial charge in [-0.1, -0.05) is 6.92 Å². The first-order valence-corrected chi connectivity index (χ1v) is 7.61. The minimum atomic E-state index is 0.582. The average molecular weight is 324 g/mol. The quantitative estimate of drug-likeness (QED) is 0.852. The van der Waals surface area contributed by atoms with Crippen molar-refractivity contribution in [3.63, 3.8) is 0 Å². The Labute approximate surface area is 121 Å². The molecule has 0 amide bonds. The van der Waals surface area contributed by atoms with E-state index in [9.17, 15) is 0 Å². The van der Waals surface area contributed by atoms with Crippen LogP contribution in [0.15, 0.2) is 10.9 Å². The maximum Gasteiger partial charge on any atom is 0.164 e. The first-order valence-electron chi connectivity index (χ1n) is 6.82. The summed E-state index contributed by atoms with van der Waals surface area (Å²) < 4.78 is 2.64. The van der Waals surface area contributed by atoms with Crippen LogP contribution in [0.2, 0.25) is 0 Å². The van der Waals surface area contributed by atoms with Crippen LogP contribution in [0, 0.1) is 0 Å². The van der Waals surface area contributed by atoms with Crippen molar-refractivity contribution < 1.29 is 0 Å². The highest BCUT2D eigenvalue weighted by Gasteiger charge is 2.25. The van der Waals surface area contributed by atoms with Gasteiger partial charge in [0.2, 0.25) is 0 Å². The molecule has 0 radical (unpaired) electrons. The molecular formula is C13H18BrN5. The zero-order valence-electron chi connectivity index (χ0n) is 11.3. The van der Waals surface area contributed by atoms with Crippen LogP contribution in [-0.2, 0) is 7.05 Å². The van der Waals surface area contributed by atoms with E-state index in [4.69, 9.17) is 0 Å². The summed E-state index contributed by atoms with van der Waals surface area (Å²) in [5, 5.41) is 5.43. The SMILES string of the molecule is CCC1CCCCN1c1ncnc2c1c(Br)nn2C. The second kappa shape index (κ2) is 5.07. The number of fused-ring (bicyclic) bond motifs is 1. The van der Waals surface area contributed by atoms with E-state index in [0.29, 0.717) is 6.04 Å². The Morgan fingerprint density at radius 3 is 3.00 bits per heavy atom. The lowest BCUT2D eigenvalue weighted by Gasteiger charge is -2.36. The summed E-state index contributed by atoms with van der Waals surface area (Å²) in [6.07, 6.45) is 6.60. The van der Waals surface area contributed by atoms with E-state index in [1.54, 1.807) is 11.0 Å². The van der Waals surface area contributed by atoms with Gasteiger partial charge >= 0.3 is 0 Å². The molecule has 1 atom stereocenters. The number of rotatable bonds is 2. The Morgan fingerprint density at radius 2 is 2.21 bits per heavy atom. The van der Waals surface area contributed by atoms with Crippen LogP contribution >= 0.6 is 15.9 Å². The normalized spacial score (nSPS) is 20.2. The van der Waals surface area contributed by atoms with Gasteiger partial charge in [-0.05, 0) is 41.6 Å². The van der Waals surface area contributed by atoms with Gasteiger partial charge in [0.15, 0.2) is 5.65 Å². The Balaban J connectivity index is 2.13. The molecule has 1 saturated heterocycles. The van der Waals surface area contributed by atoms with E-state index in [-0.39, 0.29) is 0 Å². The zero-order valence-corrected chi connectivity index (χ0v) is 12.9. The standard InChI is InChI=1S/C13H18BrN5/c1-3-9-6-4-5-7-19(9)13-10-11(14)17-18(2)12(10)15-8-16-13/h8-9H,3-7H2,1-2H3. The molecule has 0 aromatic carbocycles. The van der Waals surface area contributed by atoms with E-state index in [2.05, 4.69) is 42.8 Å². The van der Waals surface area contributed by atoms with E-state index in [1.807, 2.05) is 7.05 Å². The summed E-state index contributed by atoms with van der Waals surface area (Å²) in [5.41, 5.74) is 0.886. The largest absolute Gasteiger partial charge is 0.353 e. The fourth-order valence-corrected chi connectivity index (χ4v) is 3.54. The molecule has 2 aromatic rings. The first-order chi connectivity index (χ1) is 9.22. The van der Waals surface area contributed by atoms with Crippen LogP contribution in [0.5, 0.6) is 0 Å². The van der Waals surface area contributed by atoms with Gasteiger partial charge in [-0.25, -0.2) is 14.6 Å². The van der Waals surface area contributed by atoms with Crippen LogP contribution in [0.1, 0.15) is 32.6 Å². The van der Waals surface area contributed by atoms with E-state index in [1.165, 1.54) is 19.3 Å². The third-order valence-electron chi connectivity index (χ3n) is 3.93. The molecule has 1 unspecified atom stereocenters. The monoisotopic (exact) mass is 323 g/mol.